The molecule has 0 aliphatic heterocycles. The second kappa shape index (κ2) is 6.51. The second-order valence-electron chi connectivity index (χ2n) is 4.43. The first-order chi connectivity index (χ1) is 10.1. The van der Waals surface area contributed by atoms with E-state index < -0.39 is 5.69 Å². The molecule has 0 aliphatic carbocycles. The van der Waals surface area contributed by atoms with Crippen LogP contribution in [0.2, 0.25) is 0 Å². The van der Waals surface area contributed by atoms with Crippen molar-refractivity contribution >= 4 is 18.1 Å². The highest BCUT2D eigenvalue weighted by molar-refractivity contribution is 5.78. The van der Waals surface area contributed by atoms with Gasteiger partial charge in [-0.2, -0.15) is 5.10 Å². The predicted molar refractivity (Wildman–Crippen MR) is 84.5 cm³/mol. The molecule has 1 N–H and O–H groups in total. The van der Waals surface area contributed by atoms with Gasteiger partial charge < -0.3 is 0 Å². The van der Waals surface area contributed by atoms with E-state index in [-0.39, 0.29) is 5.56 Å². The van der Waals surface area contributed by atoms with Gasteiger partial charge >= 0.3 is 5.69 Å². The maximum Gasteiger partial charge on any atom is 0.332 e. The molecule has 0 aliphatic rings. The molecule has 108 valence electrons. The van der Waals surface area contributed by atoms with Gasteiger partial charge in [-0.3, -0.25) is 19.4 Å². The van der Waals surface area contributed by atoms with Crippen molar-refractivity contribution in [3.05, 3.63) is 68.9 Å². The van der Waals surface area contributed by atoms with E-state index in [0.717, 1.165) is 10.1 Å². The molecule has 0 saturated carbocycles. The van der Waals surface area contributed by atoms with Gasteiger partial charge in [0.05, 0.1) is 0 Å². The molecule has 0 unspecified atom stereocenters. The van der Waals surface area contributed by atoms with Crippen molar-refractivity contribution < 1.29 is 0 Å². The lowest BCUT2D eigenvalue weighted by Crippen LogP contribution is -2.37. The Hall–Kier alpha value is -2.89. The summed E-state index contributed by atoms with van der Waals surface area (Å²) in [6, 6.07) is 11.1. The van der Waals surface area contributed by atoms with Crippen molar-refractivity contribution in [2.24, 2.45) is 19.2 Å². The summed E-state index contributed by atoms with van der Waals surface area (Å²) in [6.07, 6.45) is 5.21. The molecular weight excluding hydrogens is 268 g/mol. The first kappa shape index (κ1) is 14.5. The molecule has 1 heterocycles. The molecule has 0 bridgehead atoms. The van der Waals surface area contributed by atoms with Crippen LogP contribution in [-0.4, -0.2) is 15.3 Å². The number of aromatic nitrogens is 2. The third-order valence-electron chi connectivity index (χ3n) is 2.95. The molecule has 0 fully saturated rings. The van der Waals surface area contributed by atoms with Gasteiger partial charge in [-0.15, -0.1) is 0 Å². The molecule has 0 atom stereocenters. The molecule has 2 rings (SSSR count). The zero-order chi connectivity index (χ0) is 15.2. The van der Waals surface area contributed by atoms with Crippen molar-refractivity contribution in [1.29, 1.82) is 0 Å². The fourth-order valence-corrected chi connectivity index (χ4v) is 1.70. The van der Waals surface area contributed by atoms with Crippen LogP contribution >= 0.6 is 0 Å². The predicted octanol–water partition coefficient (Wildman–Crippen LogP) is 1.20. The standard InChI is InChI=1S/C15H16N4O2/c1-18-13(11-14(20)19(2)15(18)21)17-16-10-6-9-12-7-4-3-5-8-12/h3-11,17H,1-2H3. The van der Waals surface area contributed by atoms with Crippen molar-refractivity contribution in [3.63, 3.8) is 0 Å². The fraction of sp³-hybridized carbons (Fsp3) is 0.133. The Balaban J connectivity index is 2.07. The van der Waals surface area contributed by atoms with Gasteiger partial charge in [-0.05, 0) is 11.6 Å². The minimum absolute atomic E-state index is 0.340. The largest absolute Gasteiger partial charge is 0.332 e. The lowest BCUT2D eigenvalue weighted by Gasteiger charge is -2.07. The highest BCUT2D eigenvalue weighted by Crippen LogP contribution is 2.00. The third kappa shape index (κ3) is 3.56. The quantitative estimate of drug-likeness (QED) is 0.677. The van der Waals surface area contributed by atoms with E-state index in [9.17, 15) is 9.59 Å². The van der Waals surface area contributed by atoms with Crippen LogP contribution in [-0.2, 0) is 14.1 Å². The topological polar surface area (TPSA) is 68.4 Å². The van der Waals surface area contributed by atoms with Gasteiger partial charge in [0.2, 0.25) is 0 Å². The Kier molecular flexibility index (Phi) is 4.50. The first-order valence-corrected chi connectivity index (χ1v) is 6.37. The SMILES string of the molecule is Cn1c(NN=CC=Cc2ccccc2)cc(=O)n(C)c1=O. The van der Waals surface area contributed by atoms with E-state index in [0.29, 0.717) is 5.82 Å². The molecule has 0 spiro atoms. The van der Waals surface area contributed by atoms with Crippen LogP contribution in [0.1, 0.15) is 5.56 Å². The molecule has 2 aromatic rings. The maximum absolute atomic E-state index is 11.7. The Morgan fingerprint density at radius 2 is 1.81 bits per heavy atom. The smallest absolute Gasteiger partial charge is 0.281 e. The van der Waals surface area contributed by atoms with E-state index >= 15 is 0 Å². The number of allylic oxidation sites excluding steroid dienone is 1. The van der Waals surface area contributed by atoms with Crippen LogP contribution in [0.15, 0.2) is 57.2 Å². The van der Waals surface area contributed by atoms with Crippen molar-refractivity contribution in [2.75, 3.05) is 5.43 Å². The van der Waals surface area contributed by atoms with Crippen molar-refractivity contribution in [1.82, 2.24) is 9.13 Å². The molecule has 0 saturated heterocycles. The van der Waals surface area contributed by atoms with Crippen molar-refractivity contribution in [3.8, 4) is 0 Å². The van der Waals surface area contributed by atoms with Gasteiger partial charge in [0.15, 0.2) is 0 Å². The normalized spacial score (nSPS) is 11.3. The van der Waals surface area contributed by atoms with Crippen LogP contribution in [0.25, 0.3) is 6.08 Å². The number of nitrogens with zero attached hydrogens (tertiary/aromatic N) is 3. The van der Waals surface area contributed by atoms with Crippen LogP contribution < -0.4 is 16.7 Å². The molecule has 1 aromatic heterocycles. The second-order valence-corrected chi connectivity index (χ2v) is 4.43. The monoisotopic (exact) mass is 284 g/mol. The van der Waals surface area contributed by atoms with Gasteiger partial charge in [0.25, 0.3) is 5.56 Å². The van der Waals surface area contributed by atoms with Crippen LogP contribution in [0.3, 0.4) is 0 Å². The minimum Gasteiger partial charge on any atom is -0.281 e. The summed E-state index contributed by atoms with van der Waals surface area (Å²) in [6.45, 7) is 0. The molecular formula is C15H16N4O2. The Labute approximate surface area is 121 Å². The minimum atomic E-state index is -0.403. The van der Waals surface area contributed by atoms with E-state index in [1.807, 2.05) is 36.4 Å². The number of anilines is 1. The lowest BCUT2D eigenvalue weighted by atomic mass is 10.2. The summed E-state index contributed by atoms with van der Waals surface area (Å²) >= 11 is 0. The van der Waals surface area contributed by atoms with Crippen LogP contribution in [0, 0.1) is 0 Å². The summed E-state index contributed by atoms with van der Waals surface area (Å²) in [5.41, 5.74) is 2.95. The average Bonchev–Trinajstić information content (AvgIpc) is 2.50. The Bertz CT molecular complexity index is 786. The van der Waals surface area contributed by atoms with E-state index in [1.54, 1.807) is 19.3 Å². The number of hydrazone groups is 1. The lowest BCUT2D eigenvalue weighted by molar-refractivity contribution is 0.690. The zero-order valence-electron chi connectivity index (χ0n) is 11.9. The van der Waals surface area contributed by atoms with Gasteiger partial charge in [0.1, 0.15) is 5.82 Å². The van der Waals surface area contributed by atoms with E-state index in [4.69, 9.17) is 0 Å². The Morgan fingerprint density at radius 3 is 2.52 bits per heavy atom. The summed E-state index contributed by atoms with van der Waals surface area (Å²) < 4.78 is 2.35. The number of rotatable bonds is 4. The highest BCUT2D eigenvalue weighted by atomic mass is 16.2. The number of hydrogen-bond donors (Lipinski definition) is 1. The molecule has 0 amide bonds. The summed E-state index contributed by atoms with van der Waals surface area (Å²) in [5, 5.41) is 3.96. The highest BCUT2D eigenvalue weighted by Gasteiger charge is 2.03. The maximum atomic E-state index is 11.7. The number of hydrogen-bond acceptors (Lipinski definition) is 4. The van der Waals surface area contributed by atoms with Gasteiger partial charge in [-0.1, -0.05) is 36.4 Å². The third-order valence-corrected chi connectivity index (χ3v) is 2.95. The van der Waals surface area contributed by atoms with Crippen molar-refractivity contribution in [2.45, 2.75) is 0 Å². The van der Waals surface area contributed by atoms with Gasteiger partial charge in [-0.25, -0.2) is 4.79 Å². The Morgan fingerprint density at radius 1 is 1.10 bits per heavy atom. The number of nitrogens with one attached hydrogen (secondary N) is 1. The average molecular weight is 284 g/mol. The molecule has 6 nitrogen and oxygen atoms in total. The summed E-state index contributed by atoms with van der Waals surface area (Å²) in [4.78, 5) is 23.2. The molecule has 21 heavy (non-hydrogen) atoms. The van der Waals surface area contributed by atoms with E-state index in [2.05, 4.69) is 10.5 Å². The first-order valence-electron chi connectivity index (χ1n) is 6.37. The molecule has 6 heteroatoms. The zero-order valence-corrected chi connectivity index (χ0v) is 11.9. The van der Waals surface area contributed by atoms with E-state index in [1.165, 1.54) is 17.7 Å². The van der Waals surface area contributed by atoms with Gasteiger partial charge in [0, 0.05) is 26.4 Å². The summed E-state index contributed by atoms with van der Waals surface area (Å²) in [7, 11) is 3.00. The van der Waals surface area contributed by atoms with Crippen LogP contribution in [0.4, 0.5) is 5.82 Å². The van der Waals surface area contributed by atoms with Crippen LogP contribution in [0.5, 0.6) is 0 Å². The number of benzene rings is 1. The molecule has 0 radical (unpaired) electrons. The molecule has 1 aromatic carbocycles. The fourth-order valence-electron chi connectivity index (χ4n) is 1.70. The summed E-state index contributed by atoms with van der Waals surface area (Å²) in [5.74, 6) is 0.340.